The summed E-state index contributed by atoms with van der Waals surface area (Å²) < 4.78 is 46.2. The Morgan fingerprint density at radius 3 is 2.59 bits per heavy atom. The fourth-order valence-corrected chi connectivity index (χ4v) is 4.36. The Labute approximate surface area is 184 Å². The lowest BCUT2D eigenvalue weighted by Crippen LogP contribution is -2.44. The minimum Gasteiger partial charge on any atom is -0.497 e. The SMILES string of the molecule is COc1ccc(C(=O)N[C@@H]2CCC[C@H](NC3=CCC(C)c4nc(C(F)(F)F)cn43)C2)cc1. The van der Waals surface area contributed by atoms with Crippen LogP contribution in [0.5, 0.6) is 5.75 Å². The van der Waals surface area contributed by atoms with Crippen molar-refractivity contribution in [2.45, 2.75) is 63.2 Å². The van der Waals surface area contributed by atoms with Gasteiger partial charge < -0.3 is 15.4 Å². The van der Waals surface area contributed by atoms with Crippen molar-refractivity contribution in [1.29, 1.82) is 0 Å². The predicted octanol–water partition coefficient (Wildman–Crippen LogP) is 4.55. The van der Waals surface area contributed by atoms with E-state index in [4.69, 9.17) is 4.74 Å². The third kappa shape index (κ3) is 4.76. The topological polar surface area (TPSA) is 68.2 Å². The van der Waals surface area contributed by atoms with E-state index in [1.807, 2.05) is 13.0 Å². The van der Waals surface area contributed by atoms with Crippen LogP contribution in [0.25, 0.3) is 5.82 Å². The molecule has 1 fully saturated rings. The average Bonchev–Trinajstić information content (AvgIpc) is 3.23. The molecule has 0 radical (unpaired) electrons. The van der Waals surface area contributed by atoms with Gasteiger partial charge in [-0.25, -0.2) is 4.98 Å². The fourth-order valence-electron chi connectivity index (χ4n) is 4.36. The monoisotopic (exact) mass is 448 g/mol. The van der Waals surface area contributed by atoms with Gasteiger partial charge in [0.25, 0.3) is 5.91 Å². The van der Waals surface area contributed by atoms with Gasteiger partial charge in [-0.1, -0.05) is 6.92 Å². The Balaban J connectivity index is 1.41. The van der Waals surface area contributed by atoms with Crippen molar-refractivity contribution in [3.05, 3.63) is 53.6 Å². The molecule has 1 aliphatic carbocycles. The van der Waals surface area contributed by atoms with Crippen LogP contribution < -0.4 is 15.4 Å². The maximum Gasteiger partial charge on any atom is 0.434 e. The van der Waals surface area contributed by atoms with Crippen molar-refractivity contribution in [2.75, 3.05) is 7.11 Å². The molecule has 0 spiro atoms. The van der Waals surface area contributed by atoms with Crippen LogP contribution in [-0.2, 0) is 6.18 Å². The normalized spacial score (nSPS) is 23.2. The van der Waals surface area contributed by atoms with E-state index in [0.29, 0.717) is 35.8 Å². The third-order valence-electron chi connectivity index (χ3n) is 6.10. The summed E-state index contributed by atoms with van der Waals surface area (Å²) >= 11 is 0. The number of carbonyl (C=O) groups is 1. The second kappa shape index (κ2) is 8.88. The van der Waals surface area contributed by atoms with Crippen LogP contribution in [0.15, 0.2) is 36.5 Å². The zero-order chi connectivity index (χ0) is 22.9. The molecule has 2 aromatic rings. The maximum atomic E-state index is 13.2. The zero-order valence-corrected chi connectivity index (χ0v) is 18.1. The highest BCUT2D eigenvalue weighted by Gasteiger charge is 2.37. The molecule has 0 bridgehead atoms. The minimum atomic E-state index is -4.48. The molecule has 6 nitrogen and oxygen atoms in total. The second-order valence-corrected chi connectivity index (χ2v) is 8.48. The fraction of sp³-hybridized carbons (Fsp3) is 0.478. The van der Waals surface area contributed by atoms with Gasteiger partial charge >= 0.3 is 6.18 Å². The smallest absolute Gasteiger partial charge is 0.434 e. The van der Waals surface area contributed by atoms with Crippen molar-refractivity contribution in [2.24, 2.45) is 0 Å². The molecule has 4 rings (SSSR count). The Bertz CT molecular complexity index is 998. The van der Waals surface area contributed by atoms with Gasteiger partial charge in [-0.05, 0) is 62.4 Å². The van der Waals surface area contributed by atoms with Crippen molar-refractivity contribution >= 4 is 11.7 Å². The first kappa shape index (κ1) is 22.2. The molecule has 2 aliphatic rings. The molecule has 1 saturated carbocycles. The number of alkyl halides is 3. The Hall–Kier alpha value is -2.97. The van der Waals surface area contributed by atoms with Gasteiger partial charge in [0.15, 0.2) is 5.69 Å². The number of benzene rings is 1. The first-order valence-electron chi connectivity index (χ1n) is 10.8. The Morgan fingerprint density at radius 1 is 1.19 bits per heavy atom. The zero-order valence-electron chi connectivity index (χ0n) is 18.1. The molecular weight excluding hydrogens is 421 g/mol. The number of rotatable bonds is 5. The number of nitrogens with zero attached hydrogens (tertiary/aromatic N) is 2. The van der Waals surface area contributed by atoms with Gasteiger partial charge in [0.1, 0.15) is 17.4 Å². The van der Waals surface area contributed by atoms with Gasteiger partial charge in [0, 0.05) is 29.8 Å². The molecule has 3 atom stereocenters. The molecule has 32 heavy (non-hydrogen) atoms. The van der Waals surface area contributed by atoms with Crippen molar-refractivity contribution in [3.8, 4) is 5.75 Å². The van der Waals surface area contributed by atoms with Gasteiger partial charge in [0.05, 0.1) is 7.11 Å². The third-order valence-corrected chi connectivity index (χ3v) is 6.10. The number of nitrogens with one attached hydrogen (secondary N) is 2. The van der Waals surface area contributed by atoms with E-state index in [0.717, 1.165) is 25.5 Å². The summed E-state index contributed by atoms with van der Waals surface area (Å²) in [5.41, 5.74) is -0.310. The van der Waals surface area contributed by atoms with Crippen molar-refractivity contribution < 1.29 is 22.7 Å². The lowest BCUT2D eigenvalue weighted by atomic mass is 9.90. The van der Waals surface area contributed by atoms with Crippen molar-refractivity contribution in [3.63, 3.8) is 0 Å². The lowest BCUT2D eigenvalue weighted by molar-refractivity contribution is -0.141. The summed E-state index contributed by atoms with van der Waals surface area (Å²) in [6, 6.07) is 6.98. The van der Waals surface area contributed by atoms with Gasteiger partial charge in [-0.3, -0.25) is 9.36 Å². The lowest BCUT2D eigenvalue weighted by Gasteiger charge is -2.33. The molecule has 172 valence electrons. The standard InChI is InChI=1S/C23H27F3N4O2/c1-14-6-11-20(30-13-19(23(24,25)26)29-21(14)30)27-16-4-3-5-17(12-16)28-22(31)15-7-9-18(32-2)10-8-15/h7-11,13-14,16-17,27H,3-6,12H2,1-2H3,(H,28,31)/t14?,16-,17+/m0/s1. The van der Waals surface area contributed by atoms with Crippen LogP contribution in [0.1, 0.15) is 66.8 Å². The molecule has 1 amide bonds. The van der Waals surface area contributed by atoms with E-state index in [2.05, 4.69) is 15.6 Å². The van der Waals surface area contributed by atoms with E-state index in [1.54, 1.807) is 31.4 Å². The van der Waals surface area contributed by atoms with E-state index in [9.17, 15) is 18.0 Å². The number of allylic oxidation sites excluding steroid dienone is 1. The number of carbonyl (C=O) groups excluding carboxylic acids is 1. The van der Waals surface area contributed by atoms with E-state index in [-0.39, 0.29) is 23.9 Å². The number of imidazole rings is 1. The van der Waals surface area contributed by atoms with Crippen LogP contribution in [0.2, 0.25) is 0 Å². The summed E-state index contributed by atoms with van der Waals surface area (Å²) in [7, 11) is 1.57. The molecule has 9 heteroatoms. The van der Waals surface area contributed by atoms with Crippen LogP contribution in [0.3, 0.4) is 0 Å². The quantitative estimate of drug-likeness (QED) is 0.705. The van der Waals surface area contributed by atoms with Crippen LogP contribution in [-0.4, -0.2) is 34.7 Å². The van der Waals surface area contributed by atoms with Crippen LogP contribution in [0, 0.1) is 0 Å². The number of hydrogen-bond acceptors (Lipinski definition) is 4. The second-order valence-electron chi connectivity index (χ2n) is 8.48. The number of halogens is 3. The highest BCUT2D eigenvalue weighted by molar-refractivity contribution is 5.94. The van der Waals surface area contributed by atoms with Gasteiger partial charge in [-0.15, -0.1) is 0 Å². The molecule has 1 unspecified atom stereocenters. The largest absolute Gasteiger partial charge is 0.497 e. The van der Waals surface area contributed by atoms with Crippen LogP contribution >= 0.6 is 0 Å². The van der Waals surface area contributed by atoms with E-state index >= 15 is 0 Å². The number of hydrogen-bond donors (Lipinski definition) is 2. The number of fused-ring (bicyclic) bond motifs is 1. The maximum absolute atomic E-state index is 13.2. The number of methoxy groups -OCH3 is 1. The molecule has 1 aromatic carbocycles. The first-order valence-corrected chi connectivity index (χ1v) is 10.8. The molecule has 2 heterocycles. The number of amides is 1. The van der Waals surface area contributed by atoms with Crippen molar-refractivity contribution in [1.82, 2.24) is 20.2 Å². The summed E-state index contributed by atoms with van der Waals surface area (Å²) in [5.74, 6) is 1.51. The summed E-state index contributed by atoms with van der Waals surface area (Å²) in [4.78, 5) is 16.4. The Kier molecular flexibility index (Phi) is 6.17. The molecular formula is C23H27F3N4O2. The summed E-state index contributed by atoms with van der Waals surface area (Å²) in [5, 5.41) is 6.49. The van der Waals surface area contributed by atoms with E-state index < -0.39 is 11.9 Å². The molecule has 1 aliphatic heterocycles. The van der Waals surface area contributed by atoms with Gasteiger partial charge in [-0.2, -0.15) is 13.2 Å². The summed E-state index contributed by atoms with van der Waals surface area (Å²) in [6.07, 6.45) is 2.51. The van der Waals surface area contributed by atoms with E-state index in [1.165, 1.54) is 4.57 Å². The average molecular weight is 448 g/mol. The summed E-state index contributed by atoms with van der Waals surface area (Å²) in [6.45, 7) is 1.87. The number of ether oxygens (including phenoxy) is 1. The molecule has 0 saturated heterocycles. The predicted molar refractivity (Wildman–Crippen MR) is 114 cm³/mol. The number of aromatic nitrogens is 2. The minimum absolute atomic E-state index is 0.00744. The first-order chi connectivity index (χ1) is 15.2. The highest BCUT2D eigenvalue weighted by Crippen LogP contribution is 2.34. The highest BCUT2D eigenvalue weighted by atomic mass is 19.4. The van der Waals surface area contributed by atoms with Gasteiger partial charge in [0.2, 0.25) is 0 Å². The van der Waals surface area contributed by atoms with Crippen LogP contribution in [0.4, 0.5) is 13.2 Å². The molecule has 1 aromatic heterocycles. The Morgan fingerprint density at radius 2 is 1.91 bits per heavy atom. The molecule has 2 N–H and O–H groups in total.